The maximum absolute atomic E-state index is 12.3. The second-order valence-electron chi connectivity index (χ2n) is 7.70. The predicted octanol–water partition coefficient (Wildman–Crippen LogP) is 6.48. The van der Waals surface area contributed by atoms with Crippen LogP contribution in [0.5, 0.6) is 0 Å². The van der Waals surface area contributed by atoms with Gasteiger partial charge in [-0.1, -0.05) is 84.3 Å². The van der Waals surface area contributed by atoms with E-state index in [4.69, 9.17) is 4.74 Å². The third-order valence-corrected chi connectivity index (χ3v) is 5.19. The van der Waals surface area contributed by atoms with Gasteiger partial charge in [-0.2, -0.15) is 0 Å². The van der Waals surface area contributed by atoms with E-state index in [1.807, 2.05) is 109 Å². The molecule has 4 rings (SSSR count). The van der Waals surface area contributed by atoms with Crippen molar-refractivity contribution in [1.29, 1.82) is 0 Å². The van der Waals surface area contributed by atoms with Gasteiger partial charge in [0.1, 0.15) is 0 Å². The van der Waals surface area contributed by atoms with Crippen LogP contribution in [0.25, 0.3) is 5.57 Å². The number of hydrogen-bond acceptors (Lipinski definition) is 2. The number of hydrogen-bond donors (Lipinski definition) is 0. The fraction of sp³-hybridized carbons (Fsp3) is 0.0606. The first kappa shape index (κ1) is 23.4. The second-order valence-corrected chi connectivity index (χ2v) is 7.70. The third kappa shape index (κ3) is 6.84. The molecule has 2 nitrogen and oxygen atoms in total. The molecular weight excluding hydrogens is 428 g/mol. The van der Waals surface area contributed by atoms with Gasteiger partial charge in [0.05, 0.1) is 6.61 Å². The van der Waals surface area contributed by atoms with Gasteiger partial charge in [-0.3, -0.25) is 0 Å². The van der Waals surface area contributed by atoms with Crippen LogP contribution in [-0.2, 0) is 9.53 Å². The normalized spacial score (nSPS) is 9.63. The van der Waals surface area contributed by atoms with Gasteiger partial charge in [-0.15, -0.1) is 0 Å². The minimum absolute atomic E-state index is 0.324. The largest absolute Gasteiger partial charge is 0.463 e. The third-order valence-electron chi connectivity index (χ3n) is 5.19. The first-order chi connectivity index (χ1) is 17.2. The number of rotatable bonds is 4. The van der Waals surface area contributed by atoms with Crippen molar-refractivity contribution < 1.29 is 9.53 Å². The van der Waals surface area contributed by atoms with Gasteiger partial charge in [-0.25, -0.2) is 4.79 Å². The molecule has 0 saturated heterocycles. The SMILES string of the molecule is CCOC(=O)C=C(c1ccc(C#Cc2ccccc2)cc1)c1ccc(C#Cc2ccccc2)cc1. The Balaban J connectivity index is 1.60. The van der Waals surface area contributed by atoms with Crippen LogP contribution in [0.4, 0.5) is 0 Å². The van der Waals surface area contributed by atoms with Crippen molar-refractivity contribution in [1.82, 2.24) is 0 Å². The van der Waals surface area contributed by atoms with Crippen LogP contribution in [0, 0.1) is 23.7 Å². The molecule has 0 amide bonds. The Hall–Kier alpha value is -4.79. The molecular formula is C33H24O2. The standard InChI is InChI=1S/C33H24O2/c1-2-35-33(34)25-32(30-21-17-28(18-22-30)15-13-26-9-5-3-6-10-26)31-23-19-29(20-24-31)16-14-27-11-7-4-8-12-27/h3-12,17-25H,2H2,1H3. The van der Waals surface area contributed by atoms with Crippen molar-refractivity contribution in [2.24, 2.45) is 0 Å². The first-order valence-corrected chi connectivity index (χ1v) is 11.4. The molecule has 0 radical (unpaired) electrons. The maximum Gasteiger partial charge on any atom is 0.331 e. The molecule has 0 atom stereocenters. The molecule has 0 saturated carbocycles. The Kier molecular flexibility index (Phi) is 7.94. The molecule has 2 heteroatoms. The lowest BCUT2D eigenvalue weighted by Crippen LogP contribution is -2.02. The highest BCUT2D eigenvalue weighted by Crippen LogP contribution is 2.24. The highest BCUT2D eigenvalue weighted by Gasteiger charge is 2.09. The van der Waals surface area contributed by atoms with Gasteiger partial charge < -0.3 is 4.74 Å². The molecule has 168 valence electrons. The summed E-state index contributed by atoms with van der Waals surface area (Å²) in [6, 6.07) is 35.5. The summed E-state index contributed by atoms with van der Waals surface area (Å²) in [7, 11) is 0. The van der Waals surface area contributed by atoms with E-state index in [0.29, 0.717) is 6.61 Å². The Bertz CT molecular complexity index is 1320. The van der Waals surface area contributed by atoms with Gasteiger partial charge in [-0.05, 0) is 72.2 Å². The van der Waals surface area contributed by atoms with Crippen LogP contribution in [0.2, 0.25) is 0 Å². The van der Waals surface area contributed by atoms with E-state index >= 15 is 0 Å². The monoisotopic (exact) mass is 452 g/mol. The zero-order valence-electron chi connectivity index (χ0n) is 19.5. The summed E-state index contributed by atoms with van der Waals surface area (Å²) >= 11 is 0. The van der Waals surface area contributed by atoms with E-state index in [9.17, 15) is 4.79 Å². The number of ether oxygens (including phenoxy) is 1. The highest BCUT2D eigenvalue weighted by molar-refractivity contribution is 5.96. The molecule has 0 aliphatic carbocycles. The Morgan fingerprint density at radius 3 is 1.34 bits per heavy atom. The summed E-state index contributed by atoms with van der Waals surface area (Å²) in [4.78, 5) is 12.3. The van der Waals surface area contributed by atoms with Crippen LogP contribution < -0.4 is 0 Å². The molecule has 0 fully saturated rings. The molecule has 0 N–H and O–H groups in total. The van der Waals surface area contributed by atoms with Crippen LogP contribution in [0.1, 0.15) is 40.3 Å². The summed E-state index contributed by atoms with van der Waals surface area (Å²) < 4.78 is 5.18. The fourth-order valence-electron chi connectivity index (χ4n) is 3.43. The smallest absolute Gasteiger partial charge is 0.331 e. The number of benzene rings is 4. The minimum atomic E-state index is -0.372. The van der Waals surface area contributed by atoms with Crippen molar-refractivity contribution in [3.8, 4) is 23.7 Å². The molecule has 0 unspecified atom stereocenters. The van der Waals surface area contributed by atoms with Gasteiger partial charge in [0.15, 0.2) is 0 Å². The second kappa shape index (κ2) is 11.9. The highest BCUT2D eigenvalue weighted by atomic mass is 16.5. The van der Waals surface area contributed by atoms with Gasteiger partial charge in [0, 0.05) is 28.3 Å². The van der Waals surface area contributed by atoms with E-state index in [0.717, 1.165) is 39.0 Å². The lowest BCUT2D eigenvalue weighted by Gasteiger charge is -2.09. The summed E-state index contributed by atoms with van der Waals surface area (Å²) in [5, 5.41) is 0. The molecule has 35 heavy (non-hydrogen) atoms. The number of esters is 1. The van der Waals surface area contributed by atoms with E-state index in [2.05, 4.69) is 23.7 Å². The molecule has 0 aliphatic rings. The number of carbonyl (C=O) groups is 1. The lowest BCUT2D eigenvalue weighted by atomic mass is 9.95. The first-order valence-electron chi connectivity index (χ1n) is 11.4. The van der Waals surface area contributed by atoms with Gasteiger partial charge in [0.25, 0.3) is 0 Å². The van der Waals surface area contributed by atoms with Crippen molar-refractivity contribution in [2.45, 2.75) is 6.92 Å². The van der Waals surface area contributed by atoms with Crippen LogP contribution in [0.3, 0.4) is 0 Å². The summed E-state index contributed by atoms with van der Waals surface area (Å²) in [6.07, 6.45) is 1.54. The maximum atomic E-state index is 12.3. The molecule has 0 spiro atoms. The van der Waals surface area contributed by atoms with Crippen molar-refractivity contribution in [2.75, 3.05) is 6.61 Å². The topological polar surface area (TPSA) is 26.3 Å². The summed E-state index contributed by atoms with van der Waals surface area (Å²) in [5.74, 6) is 12.3. The van der Waals surface area contributed by atoms with Crippen LogP contribution in [0.15, 0.2) is 115 Å². The summed E-state index contributed by atoms with van der Waals surface area (Å²) in [6.45, 7) is 2.12. The summed E-state index contributed by atoms with van der Waals surface area (Å²) in [5.41, 5.74) is 6.34. The lowest BCUT2D eigenvalue weighted by molar-refractivity contribution is -0.137. The van der Waals surface area contributed by atoms with Crippen molar-refractivity contribution in [3.63, 3.8) is 0 Å². The Morgan fingerprint density at radius 2 is 0.971 bits per heavy atom. The van der Waals surface area contributed by atoms with Crippen molar-refractivity contribution in [3.05, 3.63) is 149 Å². The molecule has 0 bridgehead atoms. The molecule has 0 aromatic heterocycles. The molecule has 4 aromatic carbocycles. The zero-order chi connectivity index (χ0) is 24.3. The minimum Gasteiger partial charge on any atom is -0.463 e. The molecule has 0 aliphatic heterocycles. The fourth-order valence-corrected chi connectivity index (χ4v) is 3.43. The number of carbonyl (C=O) groups excluding carboxylic acids is 1. The van der Waals surface area contributed by atoms with E-state index in [1.54, 1.807) is 13.0 Å². The average Bonchev–Trinajstić information content (AvgIpc) is 2.91. The zero-order valence-corrected chi connectivity index (χ0v) is 19.5. The van der Waals surface area contributed by atoms with Gasteiger partial charge in [0.2, 0.25) is 0 Å². The predicted molar refractivity (Wildman–Crippen MR) is 141 cm³/mol. The van der Waals surface area contributed by atoms with E-state index < -0.39 is 0 Å². The van der Waals surface area contributed by atoms with Crippen LogP contribution in [-0.4, -0.2) is 12.6 Å². The van der Waals surface area contributed by atoms with Gasteiger partial charge >= 0.3 is 5.97 Å². The van der Waals surface area contributed by atoms with E-state index in [1.165, 1.54) is 0 Å². The van der Waals surface area contributed by atoms with Crippen molar-refractivity contribution >= 4 is 11.5 Å². The molecule has 0 heterocycles. The van der Waals surface area contributed by atoms with Crippen LogP contribution >= 0.6 is 0 Å². The Morgan fingerprint density at radius 1 is 0.600 bits per heavy atom. The Labute approximate surface area is 206 Å². The quantitative estimate of drug-likeness (QED) is 0.201. The molecule has 4 aromatic rings. The van der Waals surface area contributed by atoms with E-state index in [-0.39, 0.29) is 5.97 Å². The average molecular weight is 453 g/mol.